The minimum Gasteiger partial charge on any atom is -0.305 e. The molecule has 0 spiro atoms. The summed E-state index contributed by atoms with van der Waals surface area (Å²) in [6.45, 7) is 10.9. The summed E-state index contributed by atoms with van der Waals surface area (Å²) in [6.07, 6.45) is 4.06. The third kappa shape index (κ3) is 2.03. The zero-order valence-corrected chi connectivity index (χ0v) is 10.8. The third-order valence-corrected chi connectivity index (χ3v) is 3.58. The van der Waals surface area contributed by atoms with Gasteiger partial charge in [0.1, 0.15) is 0 Å². The molecule has 2 rings (SSSR count). The molecule has 2 aromatic heterocycles. The molecule has 0 saturated heterocycles. The van der Waals surface area contributed by atoms with Crippen LogP contribution in [0, 0.1) is 13.8 Å². The van der Waals surface area contributed by atoms with Gasteiger partial charge < -0.3 is 5.32 Å². The summed E-state index contributed by atoms with van der Waals surface area (Å²) in [5.41, 5.74) is 2.35. The molecule has 86 valence electrons. The maximum atomic E-state index is 4.55. The van der Waals surface area contributed by atoms with Crippen molar-refractivity contribution in [1.82, 2.24) is 14.7 Å². The van der Waals surface area contributed by atoms with Crippen LogP contribution in [0.1, 0.15) is 23.2 Å². The second kappa shape index (κ2) is 4.39. The van der Waals surface area contributed by atoms with Crippen LogP contribution in [-0.2, 0) is 6.54 Å². The van der Waals surface area contributed by atoms with Gasteiger partial charge in [0, 0.05) is 23.7 Å². The van der Waals surface area contributed by atoms with E-state index in [1.54, 1.807) is 11.3 Å². The first-order valence-corrected chi connectivity index (χ1v) is 6.23. The SMILES string of the molecule is C=CC(C)NCc1c(C)nc2sc(C)cn12. The minimum atomic E-state index is 0.324. The molecule has 16 heavy (non-hydrogen) atoms. The highest BCUT2D eigenvalue weighted by Gasteiger charge is 2.10. The number of nitrogens with one attached hydrogen (secondary N) is 1. The number of imidazole rings is 1. The van der Waals surface area contributed by atoms with Crippen molar-refractivity contribution in [2.45, 2.75) is 33.4 Å². The Kier molecular flexibility index (Phi) is 3.12. The Morgan fingerprint density at radius 2 is 2.38 bits per heavy atom. The summed E-state index contributed by atoms with van der Waals surface area (Å²) >= 11 is 1.73. The Morgan fingerprint density at radius 1 is 1.62 bits per heavy atom. The largest absolute Gasteiger partial charge is 0.305 e. The number of hydrogen-bond donors (Lipinski definition) is 1. The Labute approximate surface area is 99.8 Å². The summed E-state index contributed by atoms with van der Waals surface area (Å²) in [5.74, 6) is 0. The lowest BCUT2D eigenvalue weighted by atomic mass is 10.3. The highest BCUT2D eigenvalue weighted by molar-refractivity contribution is 7.17. The van der Waals surface area contributed by atoms with Crippen molar-refractivity contribution in [3.63, 3.8) is 0 Å². The predicted octanol–water partition coefficient (Wildman–Crippen LogP) is 2.68. The van der Waals surface area contributed by atoms with E-state index in [4.69, 9.17) is 0 Å². The maximum Gasteiger partial charge on any atom is 0.194 e. The summed E-state index contributed by atoms with van der Waals surface area (Å²) < 4.78 is 2.18. The Hall–Kier alpha value is -1.13. The molecule has 1 N–H and O–H groups in total. The number of thiazole rings is 1. The highest BCUT2D eigenvalue weighted by Crippen LogP contribution is 2.20. The molecule has 1 unspecified atom stereocenters. The molecule has 4 heteroatoms. The predicted molar refractivity (Wildman–Crippen MR) is 69.0 cm³/mol. The lowest BCUT2D eigenvalue weighted by molar-refractivity contribution is 0.620. The van der Waals surface area contributed by atoms with E-state index >= 15 is 0 Å². The van der Waals surface area contributed by atoms with Crippen molar-refractivity contribution in [2.75, 3.05) is 0 Å². The molecule has 0 bridgehead atoms. The lowest BCUT2D eigenvalue weighted by Gasteiger charge is -2.08. The molecule has 0 aliphatic heterocycles. The molecule has 0 amide bonds. The fourth-order valence-corrected chi connectivity index (χ4v) is 2.55. The first-order chi connectivity index (χ1) is 7.61. The number of fused-ring (bicyclic) bond motifs is 1. The van der Waals surface area contributed by atoms with E-state index < -0.39 is 0 Å². The van der Waals surface area contributed by atoms with Crippen molar-refractivity contribution in [1.29, 1.82) is 0 Å². The first kappa shape index (κ1) is 11.4. The lowest BCUT2D eigenvalue weighted by Crippen LogP contribution is -2.24. The van der Waals surface area contributed by atoms with Gasteiger partial charge in [-0.05, 0) is 20.8 Å². The van der Waals surface area contributed by atoms with E-state index in [2.05, 4.69) is 48.2 Å². The monoisotopic (exact) mass is 235 g/mol. The zero-order chi connectivity index (χ0) is 11.7. The fraction of sp³-hybridized carbons (Fsp3) is 0.417. The van der Waals surface area contributed by atoms with Crippen LogP contribution in [0.15, 0.2) is 18.9 Å². The van der Waals surface area contributed by atoms with Gasteiger partial charge in [0.15, 0.2) is 4.96 Å². The van der Waals surface area contributed by atoms with Gasteiger partial charge in [0.05, 0.1) is 11.4 Å². The topological polar surface area (TPSA) is 29.3 Å². The van der Waals surface area contributed by atoms with E-state index in [1.165, 1.54) is 10.6 Å². The molecule has 1 atom stereocenters. The number of aryl methyl sites for hydroxylation is 2. The molecule has 2 heterocycles. The smallest absolute Gasteiger partial charge is 0.194 e. The van der Waals surface area contributed by atoms with Gasteiger partial charge in [0.25, 0.3) is 0 Å². The van der Waals surface area contributed by atoms with Crippen LogP contribution in [0.5, 0.6) is 0 Å². The molecule has 3 nitrogen and oxygen atoms in total. The molecule has 0 saturated carbocycles. The van der Waals surface area contributed by atoms with Gasteiger partial charge in [-0.1, -0.05) is 6.08 Å². The number of hydrogen-bond acceptors (Lipinski definition) is 3. The Bertz CT molecular complexity index is 510. The van der Waals surface area contributed by atoms with Crippen LogP contribution in [0.2, 0.25) is 0 Å². The second-order valence-corrected chi connectivity index (χ2v) is 5.26. The molecular formula is C12H17N3S. The fourth-order valence-electron chi connectivity index (χ4n) is 1.66. The van der Waals surface area contributed by atoms with Crippen molar-refractivity contribution in [2.24, 2.45) is 0 Å². The first-order valence-electron chi connectivity index (χ1n) is 5.41. The van der Waals surface area contributed by atoms with Crippen LogP contribution >= 0.6 is 11.3 Å². The van der Waals surface area contributed by atoms with Gasteiger partial charge >= 0.3 is 0 Å². The van der Waals surface area contributed by atoms with E-state index in [9.17, 15) is 0 Å². The standard InChI is InChI=1S/C12H17N3S/c1-5-8(2)13-6-11-10(4)14-12-15(11)7-9(3)16-12/h5,7-8,13H,1,6H2,2-4H3. The van der Waals surface area contributed by atoms with Gasteiger partial charge in [-0.2, -0.15) is 0 Å². The van der Waals surface area contributed by atoms with Crippen LogP contribution in [0.3, 0.4) is 0 Å². The average molecular weight is 235 g/mol. The van der Waals surface area contributed by atoms with E-state index in [0.29, 0.717) is 6.04 Å². The molecule has 0 fully saturated rings. The number of rotatable bonds is 4. The van der Waals surface area contributed by atoms with Gasteiger partial charge in [-0.3, -0.25) is 4.40 Å². The number of nitrogens with zero attached hydrogens (tertiary/aromatic N) is 2. The van der Waals surface area contributed by atoms with Gasteiger partial charge in [-0.25, -0.2) is 4.98 Å². The van der Waals surface area contributed by atoms with E-state index in [0.717, 1.165) is 17.2 Å². The Morgan fingerprint density at radius 3 is 3.06 bits per heavy atom. The number of aromatic nitrogens is 2. The summed E-state index contributed by atoms with van der Waals surface area (Å²) in [6, 6.07) is 0.324. The van der Waals surface area contributed by atoms with Crippen molar-refractivity contribution in [3.05, 3.63) is 35.1 Å². The van der Waals surface area contributed by atoms with Crippen LogP contribution in [0.25, 0.3) is 4.96 Å². The summed E-state index contributed by atoms with van der Waals surface area (Å²) in [4.78, 5) is 6.93. The molecule has 0 radical (unpaired) electrons. The molecule has 0 aromatic carbocycles. The third-order valence-electron chi connectivity index (χ3n) is 2.69. The van der Waals surface area contributed by atoms with Gasteiger partial charge in [-0.15, -0.1) is 17.9 Å². The van der Waals surface area contributed by atoms with Crippen LogP contribution in [0.4, 0.5) is 0 Å². The summed E-state index contributed by atoms with van der Waals surface area (Å²) in [7, 11) is 0. The van der Waals surface area contributed by atoms with E-state index in [1.807, 2.05) is 6.08 Å². The van der Waals surface area contributed by atoms with Crippen molar-refractivity contribution < 1.29 is 0 Å². The minimum absolute atomic E-state index is 0.324. The molecular weight excluding hydrogens is 218 g/mol. The molecule has 2 aromatic rings. The van der Waals surface area contributed by atoms with Gasteiger partial charge in [0.2, 0.25) is 0 Å². The quantitative estimate of drug-likeness (QED) is 0.826. The molecule has 0 aliphatic rings. The summed E-state index contributed by atoms with van der Waals surface area (Å²) in [5, 5.41) is 3.40. The molecule has 0 aliphatic carbocycles. The maximum absolute atomic E-state index is 4.55. The highest BCUT2D eigenvalue weighted by atomic mass is 32.1. The van der Waals surface area contributed by atoms with E-state index in [-0.39, 0.29) is 0 Å². The van der Waals surface area contributed by atoms with Crippen molar-refractivity contribution >= 4 is 16.3 Å². The zero-order valence-electron chi connectivity index (χ0n) is 9.95. The second-order valence-electron chi connectivity index (χ2n) is 4.04. The van der Waals surface area contributed by atoms with Crippen LogP contribution < -0.4 is 5.32 Å². The Balaban J connectivity index is 2.27. The van der Waals surface area contributed by atoms with Crippen molar-refractivity contribution in [3.8, 4) is 0 Å². The van der Waals surface area contributed by atoms with Crippen LogP contribution in [-0.4, -0.2) is 15.4 Å². The average Bonchev–Trinajstić information content (AvgIpc) is 2.71. The normalized spacial score (nSPS) is 13.2.